The predicted octanol–water partition coefficient (Wildman–Crippen LogP) is 1.00. The number of amides is 1. The minimum Gasteiger partial charge on any atom is -0.480 e. The molecular weight excluding hydrogens is 319 g/mol. The summed E-state index contributed by atoms with van der Waals surface area (Å²) in [5, 5.41) is 8.63. The lowest BCUT2D eigenvalue weighted by molar-refractivity contribution is -0.145. The summed E-state index contributed by atoms with van der Waals surface area (Å²) in [6.07, 6.45) is 0.278. The highest BCUT2D eigenvalue weighted by Crippen LogP contribution is 2.16. The molecule has 0 saturated carbocycles. The van der Waals surface area contributed by atoms with E-state index >= 15 is 0 Å². The van der Waals surface area contributed by atoms with Crippen LogP contribution in [0, 0.1) is 5.82 Å². The van der Waals surface area contributed by atoms with Gasteiger partial charge >= 0.3 is 5.97 Å². The van der Waals surface area contributed by atoms with Crippen LogP contribution >= 0.6 is 15.9 Å². The molecule has 104 valence electrons. The summed E-state index contributed by atoms with van der Waals surface area (Å²) in [5.41, 5.74) is 5.65. The molecule has 0 bridgehead atoms. The molecule has 1 aromatic rings. The molecular formula is C12H14BrFN2O3. The van der Waals surface area contributed by atoms with Crippen LogP contribution in [0.25, 0.3) is 0 Å². The van der Waals surface area contributed by atoms with Crippen molar-refractivity contribution in [2.24, 2.45) is 5.73 Å². The summed E-state index contributed by atoms with van der Waals surface area (Å²) in [6, 6.07) is 2.93. The molecule has 0 heterocycles. The van der Waals surface area contributed by atoms with E-state index in [9.17, 15) is 14.0 Å². The van der Waals surface area contributed by atoms with E-state index < -0.39 is 17.9 Å². The van der Waals surface area contributed by atoms with Gasteiger partial charge in [-0.1, -0.05) is 15.9 Å². The van der Waals surface area contributed by atoms with Crippen LogP contribution in [0.1, 0.15) is 5.56 Å². The third kappa shape index (κ3) is 4.29. The van der Waals surface area contributed by atoms with Crippen molar-refractivity contribution in [2.75, 3.05) is 13.6 Å². The quantitative estimate of drug-likeness (QED) is 0.788. The van der Waals surface area contributed by atoms with Gasteiger partial charge < -0.3 is 15.7 Å². The molecule has 0 spiro atoms. The molecule has 1 rings (SSSR count). The predicted molar refractivity (Wildman–Crippen MR) is 71.1 cm³/mol. The third-order valence-corrected chi connectivity index (χ3v) is 3.13. The second-order valence-electron chi connectivity index (χ2n) is 4.06. The van der Waals surface area contributed by atoms with Crippen LogP contribution in [-0.2, 0) is 16.0 Å². The fourth-order valence-corrected chi connectivity index (χ4v) is 1.88. The molecule has 0 radical (unpaired) electrons. The van der Waals surface area contributed by atoms with Crippen molar-refractivity contribution >= 4 is 27.8 Å². The van der Waals surface area contributed by atoms with E-state index in [1.54, 1.807) is 12.1 Å². The lowest BCUT2D eigenvalue weighted by atomic mass is 10.1. The Kier molecular flexibility index (Phi) is 5.44. The second kappa shape index (κ2) is 6.63. The van der Waals surface area contributed by atoms with Gasteiger partial charge in [-0.25, -0.2) is 9.18 Å². The number of hydrogen-bond acceptors (Lipinski definition) is 3. The number of carboxylic acids is 1. The largest absolute Gasteiger partial charge is 0.480 e. The van der Waals surface area contributed by atoms with Gasteiger partial charge in [-0.05, 0) is 30.2 Å². The minimum absolute atomic E-state index is 0.188. The Bertz CT molecular complexity index is 496. The first-order chi connectivity index (χ1) is 8.82. The number of aliphatic carboxylic acids is 1. The van der Waals surface area contributed by atoms with E-state index in [-0.39, 0.29) is 18.8 Å². The summed E-state index contributed by atoms with van der Waals surface area (Å²) >= 11 is 3.23. The van der Waals surface area contributed by atoms with E-state index in [1.807, 2.05) is 0 Å². The van der Waals surface area contributed by atoms with E-state index in [1.165, 1.54) is 18.0 Å². The first-order valence-corrected chi connectivity index (χ1v) is 6.29. The van der Waals surface area contributed by atoms with Gasteiger partial charge in [0, 0.05) is 18.1 Å². The van der Waals surface area contributed by atoms with Gasteiger partial charge in [0.2, 0.25) is 0 Å². The molecule has 3 N–H and O–H groups in total. The van der Waals surface area contributed by atoms with E-state index in [2.05, 4.69) is 15.9 Å². The molecule has 0 aliphatic heterocycles. The molecule has 19 heavy (non-hydrogen) atoms. The Balaban J connectivity index is 2.64. The summed E-state index contributed by atoms with van der Waals surface area (Å²) in [5.74, 6) is -2.46. The number of nitrogens with zero attached hydrogens (tertiary/aromatic N) is 1. The van der Waals surface area contributed by atoms with Gasteiger partial charge in [0.25, 0.3) is 5.91 Å². The average Bonchev–Trinajstić information content (AvgIpc) is 2.37. The molecule has 7 heteroatoms. The zero-order chi connectivity index (χ0) is 14.6. The van der Waals surface area contributed by atoms with Crippen molar-refractivity contribution in [3.63, 3.8) is 0 Å². The first-order valence-electron chi connectivity index (χ1n) is 5.50. The second-order valence-corrected chi connectivity index (χ2v) is 4.98. The SMILES string of the molecule is CN(CCc1cc(Br)ccc1F)C(=O)C(N)C(=O)O. The van der Waals surface area contributed by atoms with Crippen LogP contribution in [0.2, 0.25) is 0 Å². The number of hydrogen-bond donors (Lipinski definition) is 2. The van der Waals surface area contributed by atoms with Gasteiger partial charge in [0.1, 0.15) is 5.82 Å². The van der Waals surface area contributed by atoms with Gasteiger partial charge in [0.15, 0.2) is 6.04 Å². The number of benzene rings is 1. The third-order valence-electron chi connectivity index (χ3n) is 2.63. The number of halogens is 2. The molecule has 0 aromatic heterocycles. The Labute approximate surface area is 118 Å². The lowest BCUT2D eigenvalue weighted by Crippen LogP contribution is -2.47. The average molecular weight is 333 g/mol. The number of carbonyl (C=O) groups is 2. The lowest BCUT2D eigenvalue weighted by Gasteiger charge is -2.19. The zero-order valence-electron chi connectivity index (χ0n) is 10.3. The van der Waals surface area contributed by atoms with Gasteiger partial charge in [-0.2, -0.15) is 0 Å². The monoisotopic (exact) mass is 332 g/mol. The molecule has 1 atom stereocenters. The Morgan fingerprint density at radius 3 is 2.74 bits per heavy atom. The van der Waals surface area contributed by atoms with Crippen LogP contribution in [0.5, 0.6) is 0 Å². The van der Waals surface area contributed by atoms with Crippen molar-refractivity contribution in [1.29, 1.82) is 0 Å². The minimum atomic E-state index is -1.59. The van der Waals surface area contributed by atoms with E-state index in [4.69, 9.17) is 10.8 Å². The maximum absolute atomic E-state index is 13.5. The molecule has 0 aliphatic carbocycles. The van der Waals surface area contributed by atoms with Crippen LogP contribution in [-0.4, -0.2) is 41.5 Å². The summed E-state index contributed by atoms with van der Waals surface area (Å²) in [7, 11) is 1.43. The summed E-state index contributed by atoms with van der Waals surface area (Å²) < 4.78 is 14.2. The molecule has 0 fully saturated rings. The number of nitrogens with two attached hydrogens (primary N) is 1. The fourth-order valence-electron chi connectivity index (χ4n) is 1.48. The van der Waals surface area contributed by atoms with E-state index in [0.717, 1.165) is 4.47 Å². The Morgan fingerprint density at radius 2 is 2.16 bits per heavy atom. The number of likely N-dealkylation sites (N-methyl/N-ethyl adjacent to an activating group) is 1. The van der Waals surface area contributed by atoms with Crippen molar-refractivity contribution in [1.82, 2.24) is 4.90 Å². The normalized spacial score (nSPS) is 12.0. The maximum atomic E-state index is 13.5. The van der Waals surface area contributed by atoms with Crippen LogP contribution in [0.15, 0.2) is 22.7 Å². The van der Waals surface area contributed by atoms with Crippen molar-refractivity contribution in [2.45, 2.75) is 12.5 Å². The molecule has 0 saturated heterocycles. The van der Waals surface area contributed by atoms with Gasteiger partial charge in [-0.15, -0.1) is 0 Å². The van der Waals surface area contributed by atoms with Crippen LogP contribution in [0.4, 0.5) is 4.39 Å². The van der Waals surface area contributed by atoms with Crippen molar-refractivity contribution < 1.29 is 19.1 Å². The molecule has 1 aromatic carbocycles. The topological polar surface area (TPSA) is 83.6 Å². The Hall–Kier alpha value is -1.47. The fraction of sp³-hybridized carbons (Fsp3) is 0.333. The smallest absolute Gasteiger partial charge is 0.330 e. The maximum Gasteiger partial charge on any atom is 0.330 e. The number of carboxylic acid groups (broad SMARTS) is 1. The van der Waals surface area contributed by atoms with Crippen LogP contribution in [0.3, 0.4) is 0 Å². The van der Waals surface area contributed by atoms with Gasteiger partial charge in [-0.3, -0.25) is 4.79 Å². The zero-order valence-corrected chi connectivity index (χ0v) is 11.9. The number of rotatable bonds is 5. The molecule has 5 nitrogen and oxygen atoms in total. The summed E-state index contributed by atoms with van der Waals surface area (Å²) in [4.78, 5) is 23.3. The molecule has 1 amide bonds. The van der Waals surface area contributed by atoms with Crippen molar-refractivity contribution in [3.8, 4) is 0 Å². The van der Waals surface area contributed by atoms with Crippen molar-refractivity contribution in [3.05, 3.63) is 34.1 Å². The number of carbonyl (C=O) groups excluding carboxylic acids is 1. The highest BCUT2D eigenvalue weighted by Gasteiger charge is 2.24. The highest BCUT2D eigenvalue weighted by molar-refractivity contribution is 9.10. The first kappa shape index (κ1) is 15.6. The molecule has 1 unspecified atom stereocenters. The Morgan fingerprint density at radius 1 is 1.53 bits per heavy atom. The molecule has 0 aliphatic rings. The highest BCUT2D eigenvalue weighted by atomic mass is 79.9. The summed E-state index contributed by atoms with van der Waals surface area (Å²) in [6.45, 7) is 0.188. The van der Waals surface area contributed by atoms with Crippen LogP contribution < -0.4 is 5.73 Å². The van der Waals surface area contributed by atoms with E-state index in [0.29, 0.717) is 5.56 Å². The van der Waals surface area contributed by atoms with Gasteiger partial charge in [0.05, 0.1) is 0 Å². The standard InChI is InChI=1S/C12H14BrFN2O3/c1-16(11(17)10(15)12(18)19)5-4-7-6-8(13)2-3-9(7)14/h2-3,6,10H,4-5,15H2,1H3,(H,18,19).